The topological polar surface area (TPSA) is 66.8 Å². The molecule has 0 aliphatic heterocycles. The highest BCUT2D eigenvalue weighted by Gasteiger charge is 2.22. The van der Waals surface area contributed by atoms with Gasteiger partial charge in [-0.15, -0.1) is 0 Å². The number of rotatable bonds is 6. The van der Waals surface area contributed by atoms with Gasteiger partial charge in [0.05, 0.1) is 13.0 Å². The van der Waals surface area contributed by atoms with Crippen molar-refractivity contribution in [1.29, 1.82) is 0 Å². The van der Waals surface area contributed by atoms with Gasteiger partial charge in [0.15, 0.2) is 0 Å². The summed E-state index contributed by atoms with van der Waals surface area (Å²) >= 11 is 0. The fourth-order valence-electron chi connectivity index (χ4n) is 1.30. The van der Waals surface area contributed by atoms with Gasteiger partial charge in [-0.2, -0.15) is 0 Å². The zero-order valence-electron chi connectivity index (χ0n) is 9.52. The Morgan fingerprint density at radius 1 is 1.40 bits per heavy atom. The Labute approximate surface area is 90.0 Å². The van der Waals surface area contributed by atoms with Crippen LogP contribution in [0.4, 0.5) is 4.79 Å². The highest BCUT2D eigenvalue weighted by atomic mass is 16.6. The van der Waals surface area contributed by atoms with E-state index in [0.717, 1.165) is 6.42 Å². The van der Waals surface area contributed by atoms with Crippen molar-refractivity contribution in [2.45, 2.75) is 39.7 Å². The first-order valence-corrected chi connectivity index (χ1v) is 5.18. The molecule has 0 bridgehead atoms. The minimum absolute atomic E-state index is 0.0567. The average Bonchev–Trinajstić information content (AvgIpc) is 2.13. The van der Waals surface area contributed by atoms with Crippen LogP contribution in [0.25, 0.3) is 0 Å². The van der Waals surface area contributed by atoms with Crippen molar-refractivity contribution in [3.63, 3.8) is 0 Å². The Bertz CT molecular complexity index is 217. The second-order valence-corrected chi connectivity index (χ2v) is 3.34. The molecule has 0 aliphatic rings. The number of carboxylic acid groups (broad SMARTS) is 1. The second kappa shape index (κ2) is 7.09. The summed E-state index contributed by atoms with van der Waals surface area (Å²) in [5.74, 6) is -0.909. The molecule has 15 heavy (non-hydrogen) atoms. The molecule has 1 unspecified atom stereocenters. The molecule has 0 aromatic rings. The number of hydrogen-bond acceptors (Lipinski definition) is 3. The molecule has 1 N–H and O–H groups in total. The summed E-state index contributed by atoms with van der Waals surface area (Å²) in [6.07, 6.45) is 0.287. The Morgan fingerprint density at radius 3 is 2.40 bits per heavy atom. The standard InChI is InChI=1S/C10H19NO4/c1-4-6-11(10(14)15-5-2)8(3)7-9(12)13/h8H,4-7H2,1-3H3,(H,12,13). The monoisotopic (exact) mass is 217 g/mol. The van der Waals surface area contributed by atoms with Crippen LogP contribution in [-0.2, 0) is 9.53 Å². The van der Waals surface area contributed by atoms with Crippen LogP contribution in [0.2, 0.25) is 0 Å². The lowest BCUT2D eigenvalue weighted by Gasteiger charge is -2.26. The molecule has 88 valence electrons. The van der Waals surface area contributed by atoms with Crippen LogP contribution in [-0.4, -0.2) is 41.3 Å². The van der Waals surface area contributed by atoms with Crippen molar-refractivity contribution >= 4 is 12.1 Å². The summed E-state index contributed by atoms with van der Waals surface area (Å²) in [5.41, 5.74) is 0. The van der Waals surface area contributed by atoms with E-state index in [1.165, 1.54) is 4.90 Å². The zero-order valence-corrected chi connectivity index (χ0v) is 9.52. The number of ether oxygens (including phenoxy) is 1. The van der Waals surface area contributed by atoms with Gasteiger partial charge in [0.2, 0.25) is 0 Å². The first kappa shape index (κ1) is 13.7. The quantitative estimate of drug-likeness (QED) is 0.735. The third-order valence-electron chi connectivity index (χ3n) is 1.97. The minimum atomic E-state index is -0.909. The van der Waals surface area contributed by atoms with Crippen molar-refractivity contribution in [3.8, 4) is 0 Å². The molecule has 0 aromatic heterocycles. The predicted molar refractivity (Wildman–Crippen MR) is 55.7 cm³/mol. The molecule has 5 nitrogen and oxygen atoms in total. The Kier molecular flexibility index (Phi) is 6.49. The molecule has 0 heterocycles. The van der Waals surface area contributed by atoms with Gasteiger partial charge in [0.1, 0.15) is 0 Å². The Morgan fingerprint density at radius 2 is 2.00 bits per heavy atom. The maximum atomic E-state index is 11.5. The SMILES string of the molecule is CCCN(C(=O)OCC)C(C)CC(=O)O. The van der Waals surface area contributed by atoms with Gasteiger partial charge in [0, 0.05) is 12.6 Å². The Hall–Kier alpha value is -1.26. The van der Waals surface area contributed by atoms with Crippen LogP contribution in [0, 0.1) is 0 Å². The molecule has 0 radical (unpaired) electrons. The smallest absolute Gasteiger partial charge is 0.409 e. The number of nitrogens with zero attached hydrogens (tertiary/aromatic N) is 1. The van der Waals surface area contributed by atoms with Gasteiger partial charge in [0.25, 0.3) is 0 Å². The van der Waals surface area contributed by atoms with Gasteiger partial charge < -0.3 is 14.7 Å². The lowest BCUT2D eigenvalue weighted by atomic mass is 10.2. The van der Waals surface area contributed by atoms with Gasteiger partial charge in [-0.05, 0) is 20.3 Å². The summed E-state index contributed by atoms with van der Waals surface area (Å²) in [6.45, 7) is 6.19. The molecular formula is C10H19NO4. The van der Waals surface area contributed by atoms with E-state index in [1.54, 1.807) is 13.8 Å². The van der Waals surface area contributed by atoms with E-state index in [1.807, 2.05) is 6.92 Å². The maximum absolute atomic E-state index is 11.5. The highest BCUT2D eigenvalue weighted by Crippen LogP contribution is 2.07. The van der Waals surface area contributed by atoms with Gasteiger partial charge in [-0.25, -0.2) is 4.79 Å². The van der Waals surface area contributed by atoms with Crippen LogP contribution < -0.4 is 0 Å². The van der Waals surface area contributed by atoms with Gasteiger partial charge in [-0.3, -0.25) is 4.79 Å². The number of carbonyl (C=O) groups is 2. The molecule has 1 amide bonds. The van der Waals surface area contributed by atoms with Crippen molar-refractivity contribution in [1.82, 2.24) is 4.90 Å². The number of amides is 1. The lowest BCUT2D eigenvalue weighted by molar-refractivity contribution is -0.138. The molecule has 0 aliphatic carbocycles. The first-order chi connectivity index (χ1) is 7.02. The maximum Gasteiger partial charge on any atom is 0.409 e. The lowest BCUT2D eigenvalue weighted by Crippen LogP contribution is -2.40. The van der Waals surface area contributed by atoms with Crippen LogP contribution in [0.3, 0.4) is 0 Å². The van der Waals surface area contributed by atoms with E-state index in [-0.39, 0.29) is 12.5 Å². The second-order valence-electron chi connectivity index (χ2n) is 3.34. The molecule has 5 heteroatoms. The Balaban J connectivity index is 4.35. The summed E-state index contributed by atoms with van der Waals surface area (Å²) in [4.78, 5) is 23.4. The molecule has 1 atom stereocenters. The van der Waals surface area contributed by atoms with Crippen molar-refractivity contribution in [3.05, 3.63) is 0 Å². The van der Waals surface area contributed by atoms with E-state index >= 15 is 0 Å². The first-order valence-electron chi connectivity index (χ1n) is 5.18. The van der Waals surface area contributed by atoms with E-state index < -0.39 is 12.1 Å². The number of hydrogen-bond donors (Lipinski definition) is 1. The number of aliphatic carboxylic acids is 1. The van der Waals surface area contributed by atoms with Crippen LogP contribution in [0.1, 0.15) is 33.6 Å². The summed E-state index contributed by atoms with van der Waals surface area (Å²) in [6, 6.07) is -0.332. The molecule has 0 spiro atoms. The predicted octanol–water partition coefficient (Wildman–Crippen LogP) is 1.72. The molecule has 0 fully saturated rings. The molecule has 0 aromatic carbocycles. The number of carboxylic acids is 1. The minimum Gasteiger partial charge on any atom is -0.481 e. The van der Waals surface area contributed by atoms with Gasteiger partial charge in [-0.1, -0.05) is 6.92 Å². The van der Waals surface area contributed by atoms with E-state index in [2.05, 4.69) is 0 Å². The van der Waals surface area contributed by atoms with E-state index in [4.69, 9.17) is 9.84 Å². The van der Waals surface area contributed by atoms with Gasteiger partial charge >= 0.3 is 12.1 Å². The molecule has 0 rings (SSSR count). The van der Waals surface area contributed by atoms with Crippen LogP contribution in [0.5, 0.6) is 0 Å². The highest BCUT2D eigenvalue weighted by molar-refractivity contribution is 5.71. The molecular weight excluding hydrogens is 198 g/mol. The normalized spacial score (nSPS) is 11.9. The molecule has 0 saturated heterocycles. The summed E-state index contributed by atoms with van der Waals surface area (Å²) in [7, 11) is 0. The largest absolute Gasteiger partial charge is 0.481 e. The summed E-state index contributed by atoms with van der Waals surface area (Å²) < 4.78 is 4.85. The summed E-state index contributed by atoms with van der Waals surface area (Å²) in [5, 5.41) is 8.63. The van der Waals surface area contributed by atoms with Crippen LogP contribution in [0.15, 0.2) is 0 Å². The fraction of sp³-hybridized carbons (Fsp3) is 0.800. The van der Waals surface area contributed by atoms with E-state index in [9.17, 15) is 9.59 Å². The zero-order chi connectivity index (χ0) is 11.8. The van der Waals surface area contributed by atoms with E-state index in [0.29, 0.717) is 13.2 Å². The average molecular weight is 217 g/mol. The number of carbonyl (C=O) groups excluding carboxylic acids is 1. The third-order valence-corrected chi connectivity index (χ3v) is 1.97. The van der Waals surface area contributed by atoms with Crippen LogP contribution >= 0.6 is 0 Å². The fourth-order valence-corrected chi connectivity index (χ4v) is 1.30. The van der Waals surface area contributed by atoms with Crippen molar-refractivity contribution in [2.75, 3.05) is 13.2 Å². The molecule has 0 saturated carbocycles. The van der Waals surface area contributed by atoms with Crippen molar-refractivity contribution in [2.24, 2.45) is 0 Å². The van der Waals surface area contributed by atoms with Crippen molar-refractivity contribution < 1.29 is 19.4 Å². The third kappa shape index (κ3) is 5.24.